The van der Waals surface area contributed by atoms with Gasteiger partial charge in [0.25, 0.3) is 0 Å². The van der Waals surface area contributed by atoms with Gasteiger partial charge in [0.1, 0.15) is 0 Å². The molecule has 1 aliphatic rings. The third kappa shape index (κ3) is 2.59. The van der Waals surface area contributed by atoms with E-state index in [0.29, 0.717) is 0 Å². The van der Waals surface area contributed by atoms with Gasteiger partial charge in [-0.3, -0.25) is 0 Å². The van der Waals surface area contributed by atoms with Crippen LogP contribution in [0.2, 0.25) is 0 Å². The zero-order valence-corrected chi connectivity index (χ0v) is 8.56. The fourth-order valence-electron chi connectivity index (χ4n) is 1.45. The van der Waals surface area contributed by atoms with Crippen LogP contribution in [0.4, 0.5) is 0 Å². The summed E-state index contributed by atoms with van der Waals surface area (Å²) in [5, 5.41) is 9.08. The molecule has 1 heterocycles. The van der Waals surface area contributed by atoms with E-state index < -0.39 is 0 Å². The van der Waals surface area contributed by atoms with Crippen molar-refractivity contribution in [3.8, 4) is 0 Å². The first-order valence-electron chi connectivity index (χ1n) is 4.07. The molecule has 1 saturated heterocycles. The Morgan fingerprint density at radius 1 is 1.42 bits per heavy atom. The maximum atomic E-state index is 9.08. The van der Waals surface area contributed by atoms with Gasteiger partial charge in [-0.1, -0.05) is 0 Å². The molecule has 1 fully saturated rings. The van der Waals surface area contributed by atoms with Gasteiger partial charge in [-0.15, -0.1) is 12.4 Å². The van der Waals surface area contributed by atoms with Crippen molar-refractivity contribution in [3.05, 3.63) is 0 Å². The lowest BCUT2D eigenvalue weighted by molar-refractivity contribution is -0.0859. The van der Waals surface area contributed by atoms with Gasteiger partial charge < -0.3 is 14.7 Å². The maximum Gasteiger partial charge on any atom is 0.0932 e. The molecular formula is C8H18ClNO2. The molecule has 0 radical (unpaired) electrons. The van der Waals surface area contributed by atoms with Crippen LogP contribution in [0, 0.1) is 0 Å². The molecule has 0 unspecified atom stereocenters. The smallest absolute Gasteiger partial charge is 0.0932 e. The van der Waals surface area contributed by atoms with Crippen LogP contribution in [0.5, 0.6) is 0 Å². The quantitative estimate of drug-likeness (QED) is 0.697. The Bertz CT molecular complexity index is 118. The van der Waals surface area contributed by atoms with E-state index in [2.05, 4.69) is 11.9 Å². The summed E-state index contributed by atoms with van der Waals surface area (Å²) < 4.78 is 5.30. The number of rotatable bonds is 2. The fourth-order valence-corrected chi connectivity index (χ4v) is 1.45. The van der Waals surface area contributed by atoms with Crippen LogP contribution < -0.4 is 0 Å². The van der Waals surface area contributed by atoms with E-state index >= 15 is 0 Å². The first-order chi connectivity index (χ1) is 5.22. The third-order valence-corrected chi connectivity index (χ3v) is 2.62. The van der Waals surface area contributed by atoms with Crippen molar-refractivity contribution in [1.29, 1.82) is 0 Å². The van der Waals surface area contributed by atoms with E-state index in [-0.39, 0.29) is 24.6 Å². The minimum atomic E-state index is -0.244. The molecule has 1 rings (SSSR count). The molecule has 3 nitrogen and oxygen atoms in total. The average molecular weight is 196 g/mol. The van der Waals surface area contributed by atoms with E-state index in [4.69, 9.17) is 9.84 Å². The van der Waals surface area contributed by atoms with Crippen molar-refractivity contribution in [2.24, 2.45) is 0 Å². The van der Waals surface area contributed by atoms with Crippen LogP contribution in [0.1, 0.15) is 12.8 Å². The minimum Gasteiger partial charge on any atom is -0.393 e. The van der Waals surface area contributed by atoms with E-state index in [9.17, 15) is 0 Å². The van der Waals surface area contributed by atoms with Crippen molar-refractivity contribution in [2.45, 2.75) is 18.4 Å². The molecule has 1 N–H and O–H groups in total. The third-order valence-electron chi connectivity index (χ3n) is 2.62. The second-order valence-electron chi connectivity index (χ2n) is 3.35. The monoisotopic (exact) mass is 195 g/mol. The van der Waals surface area contributed by atoms with Crippen LogP contribution in [-0.2, 0) is 4.74 Å². The second kappa shape index (κ2) is 5.02. The predicted octanol–water partition coefficient (Wildman–Crippen LogP) is 0.511. The molecule has 1 aliphatic heterocycles. The van der Waals surface area contributed by atoms with Gasteiger partial charge >= 0.3 is 0 Å². The lowest BCUT2D eigenvalue weighted by atomic mass is 9.92. The van der Waals surface area contributed by atoms with E-state index in [1.165, 1.54) is 0 Å². The molecule has 0 aromatic heterocycles. The van der Waals surface area contributed by atoms with Crippen LogP contribution in [0.25, 0.3) is 0 Å². The Hall–Kier alpha value is 0.170. The van der Waals surface area contributed by atoms with Crippen molar-refractivity contribution in [3.63, 3.8) is 0 Å². The van der Waals surface area contributed by atoms with Gasteiger partial charge in [0, 0.05) is 20.2 Å². The highest BCUT2D eigenvalue weighted by atomic mass is 35.5. The zero-order valence-electron chi connectivity index (χ0n) is 7.75. The van der Waals surface area contributed by atoms with Crippen LogP contribution >= 0.6 is 12.4 Å². The van der Waals surface area contributed by atoms with Gasteiger partial charge in [-0.05, 0) is 19.9 Å². The molecule has 0 aromatic rings. The standard InChI is InChI=1S/C8H17NO2.ClH/c1-9-5-3-8(7-10,11-2)4-6-9;/h10H,3-7H2,1-2H3;1H. The SMILES string of the molecule is COC1(CO)CCN(C)CC1.Cl. The normalized spacial score (nSPS) is 23.2. The molecule has 0 saturated carbocycles. The summed E-state index contributed by atoms with van der Waals surface area (Å²) in [6.45, 7) is 2.19. The van der Waals surface area contributed by atoms with Crippen molar-refractivity contribution >= 4 is 12.4 Å². The van der Waals surface area contributed by atoms with Gasteiger partial charge in [0.15, 0.2) is 0 Å². The predicted molar refractivity (Wildman–Crippen MR) is 50.8 cm³/mol. The Morgan fingerprint density at radius 2 is 1.92 bits per heavy atom. The first kappa shape index (κ1) is 12.2. The van der Waals surface area contributed by atoms with Crippen molar-refractivity contribution in [1.82, 2.24) is 4.90 Å². The topological polar surface area (TPSA) is 32.7 Å². The van der Waals surface area contributed by atoms with Gasteiger partial charge in [0.05, 0.1) is 12.2 Å². The van der Waals surface area contributed by atoms with Crippen LogP contribution in [-0.4, -0.2) is 49.5 Å². The zero-order chi connectivity index (χ0) is 8.32. The van der Waals surface area contributed by atoms with Crippen LogP contribution in [0.3, 0.4) is 0 Å². The highest BCUT2D eigenvalue weighted by Crippen LogP contribution is 2.23. The van der Waals surface area contributed by atoms with Gasteiger partial charge in [-0.25, -0.2) is 0 Å². The lowest BCUT2D eigenvalue weighted by Crippen LogP contribution is -2.46. The Kier molecular flexibility index (Phi) is 5.09. The minimum absolute atomic E-state index is 0. The Morgan fingerprint density at radius 3 is 2.25 bits per heavy atom. The molecular weight excluding hydrogens is 178 g/mol. The second-order valence-corrected chi connectivity index (χ2v) is 3.35. The van der Waals surface area contributed by atoms with E-state index in [1.54, 1.807) is 7.11 Å². The number of aliphatic hydroxyl groups excluding tert-OH is 1. The van der Waals surface area contributed by atoms with Gasteiger partial charge in [0.2, 0.25) is 0 Å². The van der Waals surface area contributed by atoms with Gasteiger partial charge in [-0.2, -0.15) is 0 Å². The van der Waals surface area contributed by atoms with Crippen molar-refractivity contribution < 1.29 is 9.84 Å². The summed E-state index contributed by atoms with van der Waals surface area (Å²) in [5.41, 5.74) is -0.244. The Labute approximate surface area is 80.1 Å². The number of aliphatic hydroxyl groups is 1. The number of methoxy groups -OCH3 is 1. The average Bonchev–Trinajstić information content (AvgIpc) is 2.07. The summed E-state index contributed by atoms with van der Waals surface area (Å²) in [4.78, 5) is 2.26. The van der Waals surface area contributed by atoms with Crippen LogP contribution in [0.15, 0.2) is 0 Å². The first-order valence-corrected chi connectivity index (χ1v) is 4.07. The van der Waals surface area contributed by atoms with E-state index in [1.807, 2.05) is 0 Å². The number of piperidine rings is 1. The highest BCUT2D eigenvalue weighted by molar-refractivity contribution is 5.85. The largest absolute Gasteiger partial charge is 0.393 e. The Balaban J connectivity index is 0.00000121. The molecule has 74 valence electrons. The number of nitrogens with zero attached hydrogens (tertiary/aromatic N) is 1. The summed E-state index contributed by atoms with van der Waals surface area (Å²) in [5.74, 6) is 0. The molecule has 0 atom stereocenters. The molecule has 0 bridgehead atoms. The van der Waals surface area contributed by atoms with Crippen molar-refractivity contribution in [2.75, 3.05) is 33.9 Å². The summed E-state index contributed by atoms with van der Waals surface area (Å²) >= 11 is 0. The molecule has 0 aromatic carbocycles. The number of likely N-dealkylation sites (tertiary alicyclic amines) is 1. The molecule has 4 heteroatoms. The number of hydrogen-bond donors (Lipinski definition) is 1. The highest BCUT2D eigenvalue weighted by Gasteiger charge is 2.32. The molecule has 0 aliphatic carbocycles. The molecule has 0 amide bonds. The number of hydrogen-bond acceptors (Lipinski definition) is 3. The number of ether oxygens (including phenoxy) is 1. The van der Waals surface area contributed by atoms with E-state index in [0.717, 1.165) is 25.9 Å². The fraction of sp³-hybridized carbons (Fsp3) is 1.00. The maximum absolute atomic E-state index is 9.08. The lowest BCUT2D eigenvalue weighted by Gasteiger charge is -2.38. The summed E-state index contributed by atoms with van der Waals surface area (Å²) in [6.07, 6.45) is 1.88. The molecule has 0 spiro atoms. The number of halogens is 1. The summed E-state index contributed by atoms with van der Waals surface area (Å²) in [6, 6.07) is 0. The molecule has 12 heavy (non-hydrogen) atoms. The summed E-state index contributed by atoms with van der Waals surface area (Å²) in [7, 11) is 3.78.